The molecule has 2 aliphatic rings. The molecule has 1 N–H and O–H groups in total. The third-order valence-corrected chi connectivity index (χ3v) is 7.10. The number of carbonyl (C=O) groups excluding carboxylic acids is 2. The van der Waals surface area contributed by atoms with Gasteiger partial charge in [0, 0.05) is 31.1 Å². The number of nitrogens with zero attached hydrogens (tertiary/aromatic N) is 1. The van der Waals surface area contributed by atoms with Crippen molar-refractivity contribution in [3.05, 3.63) is 54.1 Å². The highest BCUT2D eigenvalue weighted by Gasteiger charge is 2.46. The standard InChI is InChI=1S/C27H34N2O3/c1-3-28-26(31)27(16-17-29(19-27)25(30)22-8-4-5-9-22)18-20-12-14-21(15-13-20)23-10-6-7-11-24(23)32-2/h6-7,10-15,22H,3-5,8-9,16-19H2,1-2H3,(H,28,31). The molecule has 1 saturated heterocycles. The van der Waals surface area contributed by atoms with Crippen molar-refractivity contribution in [1.82, 2.24) is 10.2 Å². The highest BCUT2D eigenvalue weighted by molar-refractivity contribution is 5.86. The Bertz CT molecular complexity index is 950. The highest BCUT2D eigenvalue weighted by Crippen LogP contribution is 2.38. The van der Waals surface area contributed by atoms with Gasteiger partial charge in [-0.05, 0) is 49.8 Å². The third-order valence-electron chi connectivity index (χ3n) is 7.10. The fourth-order valence-electron chi connectivity index (χ4n) is 5.33. The molecule has 1 unspecified atom stereocenters. The molecule has 4 rings (SSSR count). The molecule has 2 amide bonds. The van der Waals surface area contributed by atoms with E-state index in [1.54, 1.807) is 7.11 Å². The van der Waals surface area contributed by atoms with Crippen LogP contribution in [0.1, 0.15) is 44.6 Å². The van der Waals surface area contributed by atoms with Crippen LogP contribution in [0.4, 0.5) is 0 Å². The van der Waals surface area contributed by atoms with Gasteiger partial charge in [0.2, 0.25) is 11.8 Å². The van der Waals surface area contributed by atoms with E-state index >= 15 is 0 Å². The largest absolute Gasteiger partial charge is 0.496 e. The summed E-state index contributed by atoms with van der Waals surface area (Å²) in [5.41, 5.74) is 2.69. The van der Waals surface area contributed by atoms with Gasteiger partial charge in [-0.25, -0.2) is 0 Å². The summed E-state index contributed by atoms with van der Waals surface area (Å²) < 4.78 is 5.50. The molecule has 1 atom stereocenters. The summed E-state index contributed by atoms with van der Waals surface area (Å²) in [6, 6.07) is 16.4. The molecular weight excluding hydrogens is 400 g/mol. The number of rotatable bonds is 7. The molecule has 2 aromatic carbocycles. The molecule has 2 aromatic rings. The molecule has 0 radical (unpaired) electrons. The number of hydrogen-bond donors (Lipinski definition) is 1. The lowest BCUT2D eigenvalue weighted by Crippen LogP contribution is -2.45. The van der Waals surface area contributed by atoms with Crippen molar-refractivity contribution >= 4 is 11.8 Å². The van der Waals surface area contributed by atoms with Crippen molar-refractivity contribution in [3.63, 3.8) is 0 Å². The van der Waals surface area contributed by atoms with Crippen LogP contribution in [0.15, 0.2) is 48.5 Å². The third kappa shape index (κ3) is 4.52. The first-order valence-corrected chi connectivity index (χ1v) is 11.9. The van der Waals surface area contributed by atoms with E-state index in [9.17, 15) is 9.59 Å². The smallest absolute Gasteiger partial charge is 0.228 e. The predicted octanol–water partition coefficient (Wildman–Crippen LogP) is 4.45. The van der Waals surface area contributed by atoms with Gasteiger partial charge in [0.25, 0.3) is 0 Å². The van der Waals surface area contributed by atoms with E-state index in [-0.39, 0.29) is 17.7 Å². The molecule has 1 saturated carbocycles. The van der Waals surface area contributed by atoms with Gasteiger partial charge in [-0.3, -0.25) is 9.59 Å². The summed E-state index contributed by atoms with van der Waals surface area (Å²) in [5, 5.41) is 3.04. The maximum atomic E-state index is 13.2. The molecule has 1 aliphatic carbocycles. The number of hydrogen-bond acceptors (Lipinski definition) is 3. The van der Waals surface area contributed by atoms with E-state index < -0.39 is 5.41 Å². The van der Waals surface area contributed by atoms with Crippen molar-refractivity contribution in [3.8, 4) is 16.9 Å². The van der Waals surface area contributed by atoms with Gasteiger partial charge in [0.15, 0.2) is 0 Å². The maximum Gasteiger partial charge on any atom is 0.228 e. The highest BCUT2D eigenvalue weighted by atomic mass is 16.5. The summed E-state index contributed by atoms with van der Waals surface area (Å²) >= 11 is 0. The van der Waals surface area contributed by atoms with Gasteiger partial charge in [-0.1, -0.05) is 55.3 Å². The van der Waals surface area contributed by atoms with E-state index in [0.717, 1.165) is 48.1 Å². The van der Waals surface area contributed by atoms with Crippen LogP contribution in [-0.2, 0) is 16.0 Å². The van der Waals surface area contributed by atoms with Crippen LogP contribution >= 0.6 is 0 Å². The molecule has 5 heteroatoms. The normalized spacial score (nSPS) is 21.0. The van der Waals surface area contributed by atoms with Gasteiger partial charge in [-0.2, -0.15) is 0 Å². The SMILES string of the molecule is CCNC(=O)C1(Cc2ccc(-c3ccccc3OC)cc2)CCN(C(=O)C2CCCC2)C1. The van der Waals surface area contributed by atoms with Gasteiger partial charge >= 0.3 is 0 Å². The second-order valence-electron chi connectivity index (χ2n) is 9.20. The number of para-hydroxylation sites is 1. The number of nitrogens with one attached hydrogen (secondary N) is 1. The first kappa shape index (κ1) is 22.4. The number of ether oxygens (including phenoxy) is 1. The number of likely N-dealkylation sites (tertiary alicyclic amines) is 1. The molecule has 5 nitrogen and oxygen atoms in total. The second-order valence-corrected chi connectivity index (χ2v) is 9.20. The first-order valence-electron chi connectivity index (χ1n) is 11.9. The average molecular weight is 435 g/mol. The topological polar surface area (TPSA) is 58.6 Å². The molecule has 0 bridgehead atoms. The molecular formula is C27H34N2O3. The zero-order chi connectivity index (χ0) is 22.6. The van der Waals surface area contributed by atoms with Crippen LogP contribution in [0.2, 0.25) is 0 Å². The van der Waals surface area contributed by atoms with Crippen LogP contribution in [0.5, 0.6) is 5.75 Å². The second kappa shape index (κ2) is 9.76. The monoisotopic (exact) mass is 434 g/mol. The molecule has 170 valence electrons. The van der Waals surface area contributed by atoms with E-state index in [2.05, 4.69) is 29.6 Å². The van der Waals surface area contributed by atoms with Crippen LogP contribution in [0, 0.1) is 11.3 Å². The Morgan fingerprint density at radius 1 is 1.09 bits per heavy atom. The Morgan fingerprint density at radius 2 is 1.81 bits per heavy atom. The van der Waals surface area contributed by atoms with Gasteiger partial charge in [0.05, 0.1) is 12.5 Å². The Balaban J connectivity index is 1.53. The lowest BCUT2D eigenvalue weighted by molar-refractivity contribution is -0.136. The van der Waals surface area contributed by atoms with Crippen molar-refractivity contribution in [2.75, 3.05) is 26.7 Å². The Morgan fingerprint density at radius 3 is 2.50 bits per heavy atom. The Hall–Kier alpha value is -2.82. The van der Waals surface area contributed by atoms with E-state index in [4.69, 9.17) is 4.74 Å². The predicted molar refractivity (Wildman–Crippen MR) is 126 cm³/mol. The molecule has 0 aromatic heterocycles. The summed E-state index contributed by atoms with van der Waals surface area (Å²) in [6.07, 6.45) is 5.63. The van der Waals surface area contributed by atoms with Crippen molar-refractivity contribution in [2.45, 2.75) is 45.4 Å². The van der Waals surface area contributed by atoms with Crippen molar-refractivity contribution < 1.29 is 14.3 Å². The number of benzene rings is 2. The van der Waals surface area contributed by atoms with Gasteiger partial charge in [-0.15, -0.1) is 0 Å². The van der Waals surface area contributed by atoms with Crippen LogP contribution in [0.25, 0.3) is 11.1 Å². The van der Waals surface area contributed by atoms with Crippen LogP contribution < -0.4 is 10.1 Å². The van der Waals surface area contributed by atoms with E-state index in [1.807, 2.05) is 36.1 Å². The van der Waals surface area contributed by atoms with Gasteiger partial charge < -0.3 is 15.0 Å². The fraction of sp³-hybridized carbons (Fsp3) is 0.481. The van der Waals surface area contributed by atoms with Crippen molar-refractivity contribution in [2.24, 2.45) is 11.3 Å². The number of amides is 2. The molecule has 32 heavy (non-hydrogen) atoms. The molecule has 1 heterocycles. The minimum atomic E-state index is -0.559. The quantitative estimate of drug-likeness (QED) is 0.700. The minimum Gasteiger partial charge on any atom is -0.496 e. The number of carbonyl (C=O) groups is 2. The summed E-state index contributed by atoms with van der Waals surface area (Å²) in [5.74, 6) is 1.31. The summed E-state index contributed by atoms with van der Waals surface area (Å²) in [6.45, 7) is 3.74. The molecule has 2 fully saturated rings. The van der Waals surface area contributed by atoms with Crippen LogP contribution in [0.3, 0.4) is 0 Å². The Kier molecular flexibility index (Phi) is 6.83. The van der Waals surface area contributed by atoms with Gasteiger partial charge in [0.1, 0.15) is 5.75 Å². The first-order chi connectivity index (χ1) is 15.6. The maximum absolute atomic E-state index is 13.2. The zero-order valence-electron chi connectivity index (χ0n) is 19.2. The number of methoxy groups -OCH3 is 1. The minimum absolute atomic E-state index is 0.0653. The van der Waals surface area contributed by atoms with Crippen LogP contribution in [-0.4, -0.2) is 43.5 Å². The van der Waals surface area contributed by atoms with Crippen molar-refractivity contribution in [1.29, 1.82) is 0 Å². The zero-order valence-corrected chi connectivity index (χ0v) is 19.2. The lowest BCUT2D eigenvalue weighted by Gasteiger charge is -2.29. The fourth-order valence-corrected chi connectivity index (χ4v) is 5.33. The lowest BCUT2D eigenvalue weighted by atomic mass is 9.79. The summed E-state index contributed by atoms with van der Waals surface area (Å²) in [4.78, 5) is 28.1. The summed E-state index contributed by atoms with van der Waals surface area (Å²) in [7, 11) is 1.68. The Labute approximate surface area is 191 Å². The average Bonchev–Trinajstić information content (AvgIpc) is 3.51. The van der Waals surface area contributed by atoms with E-state index in [1.165, 1.54) is 0 Å². The molecule has 0 spiro atoms. The van der Waals surface area contributed by atoms with E-state index in [0.29, 0.717) is 32.5 Å². The molecule has 1 aliphatic heterocycles.